The van der Waals surface area contributed by atoms with Gasteiger partial charge in [0.2, 0.25) is 23.6 Å². The van der Waals surface area contributed by atoms with Gasteiger partial charge in [-0.05, 0) is 37.0 Å². The van der Waals surface area contributed by atoms with Crippen molar-refractivity contribution in [2.75, 3.05) is 11.9 Å². The third-order valence-electron chi connectivity index (χ3n) is 6.24. The molecule has 2 aromatic carbocycles. The fourth-order valence-electron chi connectivity index (χ4n) is 3.83. The number of primary amides is 1. The molecule has 0 radical (unpaired) electrons. The number of nitrogen functional groups attached to an aromatic ring is 1. The van der Waals surface area contributed by atoms with Gasteiger partial charge in [0.05, 0.1) is 6.42 Å². The van der Waals surface area contributed by atoms with E-state index in [1.807, 2.05) is 0 Å². The van der Waals surface area contributed by atoms with Crippen LogP contribution >= 0.6 is 0 Å². The second kappa shape index (κ2) is 19.5. The van der Waals surface area contributed by atoms with Crippen LogP contribution in [0.3, 0.4) is 0 Å². The molecule has 20 heteroatoms. The minimum absolute atomic E-state index is 0.0456. The number of carbonyl (C=O) groups is 6. The van der Waals surface area contributed by atoms with E-state index in [0.29, 0.717) is 16.8 Å². The monoisotopic (exact) mass is 695 g/mol. The number of aliphatic carboxylic acids is 2. The number of para-hydroxylation sites is 1. The second-order valence-electron chi connectivity index (χ2n) is 10.1. The van der Waals surface area contributed by atoms with Crippen LogP contribution in [-0.4, -0.2) is 82.4 Å². The Morgan fingerprint density at radius 3 is 1.84 bits per heavy atom. The lowest BCUT2D eigenvalue weighted by Crippen LogP contribution is -2.55. The molecule has 0 saturated carbocycles. The maximum Gasteiger partial charge on any atom is 0.490 e. The van der Waals surface area contributed by atoms with Gasteiger partial charge in [-0.3, -0.25) is 34.4 Å². The minimum Gasteiger partial charge on any atom is -0.481 e. The van der Waals surface area contributed by atoms with Crippen LogP contribution in [0, 0.1) is 11.3 Å². The van der Waals surface area contributed by atoms with Crippen LogP contribution in [0.4, 0.5) is 18.9 Å². The fourth-order valence-corrected chi connectivity index (χ4v) is 3.83. The predicted molar refractivity (Wildman–Crippen MR) is 169 cm³/mol. The molecule has 266 valence electrons. The molecule has 17 nitrogen and oxygen atoms in total. The molecule has 0 bridgehead atoms. The van der Waals surface area contributed by atoms with Crippen molar-refractivity contribution in [2.45, 2.75) is 43.9 Å². The van der Waals surface area contributed by atoms with E-state index >= 15 is 0 Å². The molecule has 14 N–H and O–H groups in total. The maximum absolute atomic E-state index is 13.4. The van der Waals surface area contributed by atoms with Gasteiger partial charge >= 0.3 is 18.1 Å². The van der Waals surface area contributed by atoms with E-state index in [4.69, 9.17) is 38.2 Å². The lowest BCUT2D eigenvalue weighted by atomic mass is 9.95. The Labute approximate surface area is 276 Å². The average Bonchev–Trinajstić information content (AvgIpc) is 3.00. The van der Waals surface area contributed by atoms with Gasteiger partial charge in [0.15, 0.2) is 5.96 Å². The van der Waals surface area contributed by atoms with Gasteiger partial charge in [0.25, 0.3) is 0 Å². The third-order valence-corrected chi connectivity index (χ3v) is 6.24. The van der Waals surface area contributed by atoms with E-state index < -0.39 is 66.2 Å². The molecule has 2 unspecified atom stereocenters. The fraction of sp³-hybridized carbons (Fsp3) is 0.310. The highest BCUT2D eigenvalue weighted by Gasteiger charge is 2.38. The largest absolute Gasteiger partial charge is 0.490 e. The summed E-state index contributed by atoms with van der Waals surface area (Å²) < 4.78 is 31.7. The van der Waals surface area contributed by atoms with Crippen LogP contribution in [0.15, 0.2) is 59.6 Å². The van der Waals surface area contributed by atoms with Gasteiger partial charge in [-0.15, -0.1) is 0 Å². The normalized spacial score (nSPS) is 12.4. The molecule has 0 spiro atoms. The van der Waals surface area contributed by atoms with Crippen molar-refractivity contribution in [3.8, 4) is 0 Å². The second-order valence-corrected chi connectivity index (χ2v) is 10.1. The first kappa shape index (κ1) is 40.8. The summed E-state index contributed by atoms with van der Waals surface area (Å²) in [6.07, 6.45) is -5.73. The van der Waals surface area contributed by atoms with Crippen molar-refractivity contribution in [1.29, 1.82) is 5.41 Å². The van der Waals surface area contributed by atoms with Crippen LogP contribution in [0.2, 0.25) is 0 Å². The Morgan fingerprint density at radius 1 is 0.816 bits per heavy atom. The first-order valence-electron chi connectivity index (χ1n) is 14.1. The molecule has 0 saturated heterocycles. The average molecular weight is 696 g/mol. The number of rotatable bonds is 16. The number of amidine groups is 1. The van der Waals surface area contributed by atoms with Gasteiger partial charge < -0.3 is 49.1 Å². The zero-order valence-corrected chi connectivity index (χ0v) is 25.7. The first-order valence-corrected chi connectivity index (χ1v) is 14.1. The van der Waals surface area contributed by atoms with Crippen molar-refractivity contribution in [3.05, 3.63) is 65.7 Å². The summed E-state index contributed by atoms with van der Waals surface area (Å²) in [6.45, 7) is 0.156. The summed E-state index contributed by atoms with van der Waals surface area (Å²) >= 11 is 0. The van der Waals surface area contributed by atoms with Crippen LogP contribution in [0.5, 0.6) is 0 Å². The summed E-state index contributed by atoms with van der Waals surface area (Å²) in [5.74, 6) is -9.39. The Morgan fingerprint density at radius 2 is 1.37 bits per heavy atom. The number of carboxylic acids is 2. The Balaban J connectivity index is 0.00000154. The van der Waals surface area contributed by atoms with E-state index in [2.05, 4.69) is 20.9 Å². The van der Waals surface area contributed by atoms with Gasteiger partial charge in [0, 0.05) is 17.8 Å². The molecule has 2 aromatic rings. The SMILES string of the molecule is N=C(N)c1ccc(C[C@H](C(=O)Nc2ccccc2)C(=O)NC(CC(=O)O)C(=O)NC(CCCN=C(N)N)C(N)=O)cc1.O=C(O)C(F)(F)F. The molecule has 49 heavy (non-hydrogen) atoms. The number of hydrogen-bond acceptors (Lipinski definition) is 8. The molecule has 4 amide bonds. The zero-order chi connectivity index (χ0) is 37.3. The number of guanidine groups is 1. The number of carbonyl (C=O) groups excluding carboxylic acids is 4. The molecule has 0 heterocycles. The number of alkyl halides is 3. The lowest BCUT2D eigenvalue weighted by Gasteiger charge is -2.23. The maximum atomic E-state index is 13.4. The molecule has 0 aliphatic rings. The quantitative estimate of drug-likeness (QED) is 0.0457. The summed E-state index contributed by atoms with van der Waals surface area (Å²) in [7, 11) is 0. The molecular weight excluding hydrogens is 659 g/mol. The first-order chi connectivity index (χ1) is 22.8. The van der Waals surface area contributed by atoms with Gasteiger partial charge in [-0.25, -0.2) is 4.79 Å². The third kappa shape index (κ3) is 15.8. The van der Waals surface area contributed by atoms with E-state index in [0.717, 1.165) is 0 Å². The van der Waals surface area contributed by atoms with Crippen molar-refractivity contribution in [2.24, 2.45) is 33.8 Å². The van der Waals surface area contributed by atoms with E-state index in [-0.39, 0.29) is 37.6 Å². The van der Waals surface area contributed by atoms with Crippen LogP contribution in [0.1, 0.15) is 30.4 Å². The number of carboxylic acid groups (broad SMARTS) is 2. The molecular formula is C29H36F3N9O8. The van der Waals surface area contributed by atoms with Gasteiger partial charge in [-0.1, -0.05) is 42.5 Å². The number of aliphatic imine (C=N–C) groups is 1. The van der Waals surface area contributed by atoms with Crippen LogP contribution < -0.4 is 38.9 Å². The van der Waals surface area contributed by atoms with Crippen LogP contribution in [-0.2, 0) is 35.2 Å². The number of nitrogens with two attached hydrogens (primary N) is 4. The predicted octanol–water partition coefficient (Wildman–Crippen LogP) is -0.615. The topological polar surface area (TPSA) is 319 Å². The highest BCUT2D eigenvalue weighted by molar-refractivity contribution is 6.08. The molecule has 0 aliphatic carbocycles. The number of hydrogen-bond donors (Lipinski definition) is 10. The number of halogens is 3. The summed E-state index contributed by atoms with van der Waals surface area (Å²) in [6, 6.07) is 11.8. The molecule has 3 atom stereocenters. The lowest BCUT2D eigenvalue weighted by molar-refractivity contribution is -0.192. The molecule has 0 aliphatic heterocycles. The molecule has 0 fully saturated rings. The number of nitrogens with zero attached hydrogens (tertiary/aromatic N) is 1. The van der Waals surface area contributed by atoms with E-state index in [1.165, 1.54) is 0 Å². The summed E-state index contributed by atoms with van der Waals surface area (Å²) in [5, 5.41) is 31.4. The summed E-state index contributed by atoms with van der Waals surface area (Å²) in [4.78, 5) is 75.8. The van der Waals surface area contributed by atoms with Crippen LogP contribution in [0.25, 0.3) is 0 Å². The van der Waals surface area contributed by atoms with Crippen molar-refractivity contribution in [1.82, 2.24) is 10.6 Å². The number of benzene rings is 2. The minimum atomic E-state index is -5.08. The van der Waals surface area contributed by atoms with Gasteiger partial charge in [0.1, 0.15) is 23.8 Å². The van der Waals surface area contributed by atoms with Crippen molar-refractivity contribution >= 4 is 53.0 Å². The molecule has 2 rings (SSSR count). The summed E-state index contributed by atoms with van der Waals surface area (Å²) in [5.41, 5.74) is 22.8. The van der Waals surface area contributed by atoms with Crippen molar-refractivity contribution in [3.63, 3.8) is 0 Å². The Kier molecular flexibility index (Phi) is 16.2. The number of anilines is 1. The highest BCUT2D eigenvalue weighted by Crippen LogP contribution is 2.16. The van der Waals surface area contributed by atoms with Gasteiger partial charge in [-0.2, -0.15) is 13.2 Å². The number of nitrogens with one attached hydrogen (secondary N) is 4. The zero-order valence-electron chi connectivity index (χ0n) is 25.7. The Hall–Kier alpha value is -6.21. The van der Waals surface area contributed by atoms with Crippen molar-refractivity contribution < 1.29 is 52.2 Å². The number of amides is 4. The van der Waals surface area contributed by atoms with E-state index in [9.17, 15) is 42.3 Å². The Bertz CT molecular complexity index is 1520. The standard InChI is InChI=1S/C27H35N9O6.C2HF3O2/c28-22(29)16-10-8-15(9-11-16)13-18(24(40)34-17-5-2-1-3-6-17)25(41)36-20(14-21(37)38)26(42)35-19(23(30)39)7-4-12-33-27(31)32;3-2(4,5)1(6)7/h1-3,5-6,8-11,18-20H,4,7,12-14H2,(H3,28,29)(H2,30,39)(H,34,40)(H,35,42)(H,36,41)(H,37,38)(H4,31,32,33);(H,6,7)/t18-,19?,20?;/m1./s1. The van der Waals surface area contributed by atoms with E-state index in [1.54, 1.807) is 54.6 Å². The molecule has 0 aromatic heterocycles. The highest BCUT2D eigenvalue weighted by atomic mass is 19.4. The smallest absolute Gasteiger partial charge is 0.481 e.